The molecular formula is C18H27F3N4O3. The van der Waals surface area contributed by atoms with Gasteiger partial charge >= 0.3 is 12.1 Å². The molecular weight excluding hydrogens is 377 g/mol. The molecule has 1 aromatic rings. The summed E-state index contributed by atoms with van der Waals surface area (Å²) < 4.78 is 36.9. The van der Waals surface area contributed by atoms with E-state index in [1.165, 1.54) is 38.8 Å². The topological polar surface area (TPSA) is 78.8 Å². The van der Waals surface area contributed by atoms with Gasteiger partial charge in [-0.3, -0.25) is 4.90 Å². The van der Waals surface area contributed by atoms with Gasteiger partial charge in [0.15, 0.2) is 0 Å². The van der Waals surface area contributed by atoms with Gasteiger partial charge in [0.25, 0.3) is 0 Å². The number of rotatable bonds is 5. The quantitative estimate of drug-likeness (QED) is 0.756. The molecule has 158 valence electrons. The lowest BCUT2D eigenvalue weighted by Crippen LogP contribution is -2.52. The van der Waals surface area contributed by atoms with Crippen molar-refractivity contribution in [1.29, 1.82) is 0 Å². The first kappa shape index (κ1) is 22.4. The van der Waals surface area contributed by atoms with Crippen LogP contribution >= 0.6 is 0 Å². The molecule has 3 rings (SSSR count). The largest absolute Gasteiger partial charge is 0.490 e. The molecule has 0 bridgehead atoms. The molecule has 2 fully saturated rings. The van der Waals surface area contributed by atoms with Gasteiger partial charge in [-0.05, 0) is 44.7 Å². The number of halogens is 3. The van der Waals surface area contributed by atoms with Crippen LogP contribution in [-0.4, -0.2) is 77.6 Å². The highest BCUT2D eigenvalue weighted by Gasteiger charge is 2.43. The maximum absolute atomic E-state index is 10.6. The van der Waals surface area contributed by atoms with Crippen molar-refractivity contribution in [3.63, 3.8) is 0 Å². The molecule has 28 heavy (non-hydrogen) atoms. The van der Waals surface area contributed by atoms with Gasteiger partial charge < -0.3 is 14.7 Å². The van der Waals surface area contributed by atoms with Crippen LogP contribution in [0.2, 0.25) is 0 Å². The number of methoxy groups -OCH3 is 1. The van der Waals surface area contributed by atoms with Gasteiger partial charge in [-0.25, -0.2) is 14.8 Å². The van der Waals surface area contributed by atoms with Crippen molar-refractivity contribution in [2.45, 2.75) is 43.8 Å². The minimum absolute atomic E-state index is 0.430. The predicted molar refractivity (Wildman–Crippen MR) is 97.2 cm³/mol. The van der Waals surface area contributed by atoms with Gasteiger partial charge in [0.05, 0.1) is 0 Å². The Labute approximate surface area is 162 Å². The Balaban J connectivity index is 0.000000345. The third-order valence-electron chi connectivity index (χ3n) is 5.29. The average Bonchev–Trinajstić information content (AvgIpc) is 3.05. The Hall–Kier alpha value is -1.94. The van der Waals surface area contributed by atoms with E-state index >= 15 is 0 Å². The fraction of sp³-hybridized carbons (Fsp3) is 0.722. The molecule has 0 unspecified atom stereocenters. The average molecular weight is 404 g/mol. The van der Waals surface area contributed by atoms with Crippen molar-refractivity contribution < 1.29 is 27.8 Å². The smallest absolute Gasteiger partial charge is 0.475 e. The van der Waals surface area contributed by atoms with E-state index in [1.807, 2.05) is 18.5 Å². The summed E-state index contributed by atoms with van der Waals surface area (Å²) in [6, 6.07) is 1.88. The summed E-state index contributed by atoms with van der Waals surface area (Å²) in [4.78, 5) is 22.7. The lowest BCUT2D eigenvalue weighted by Gasteiger charge is -2.45. The van der Waals surface area contributed by atoms with Crippen molar-refractivity contribution in [3.8, 4) is 0 Å². The monoisotopic (exact) mass is 404 g/mol. The van der Waals surface area contributed by atoms with Gasteiger partial charge in [-0.1, -0.05) is 0 Å². The summed E-state index contributed by atoms with van der Waals surface area (Å²) >= 11 is 0. The summed E-state index contributed by atoms with van der Waals surface area (Å²) in [5, 5.41) is 7.12. The molecule has 0 amide bonds. The number of alkyl halides is 3. The van der Waals surface area contributed by atoms with Gasteiger partial charge in [-0.2, -0.15) is 13.2 Å². The molecule has 0 saturated carbocycles. The Kier molecular flexibility index (Phi) is 7.99. The highest BCUT2D eigenvalue weighted by atomic mass is 19.4. The molecule has 1 N–H and O–H groups in total. The fourth-order valence-corrected chi connectivity index (χ4v) is 3.89. The number of anilines is 1. The Morgan fingerprint density at radius 2 is 1.82 bits per heavy atom. The molecule has 0 aliphatic carbocycles. The zero-order valence-corrected chi connectivity index (χ0v) is 16.0. The number of piperidine rings is 1. The number of carboxylic acids is 1. The summed E-state index contributed by atoms with van der Waals surface area (Å²) in [6.45, 7) is 5.45. The number of ether oxygens (including phenoxy) is 1. The minimum Gasteiger partial charge on any atom is -0.475 e. The summed E-state index contributed by atoms with van der Waals surface area (Å²) in [5.74, 6) is -1.87. The minimum atomic E-state index is -5.08. The summed E-state index contributed by atoms with van der Waals surface area (Å²) in [7, 11) is 1.79. The number of hydrogen-bond acceptors (Lipinski definition) is 6. The van der Waals surface area contributed by atoms with Crippen LogP contribution < -0.4 is 4.90 Å². The van der Waals surface area contributed by atoms with Crippen molar-refractivity contribution in [2.75, 3.05) is 44.8 Å². The second-order valence-corrected chi connectivity index (χ2v) is 7.00. The molecule has 1 spiro atoms. The number of aliphatic carboxylic acids is 1. The molecule has 2 aliphatic heterocycles. The van der Waals surface area contributed by atoms with Crippen LogP contribution in [0.3, 0.4) is 0 Å². The number of nitrogens with zero attached hydrogens (tertiary/aromatic N) is 4. The molecule has 3 heterocycles. The summed E-state index contributed by atoms with van der Waals surface area (Å²) in [5.41, 5.74) is 0.430. The molecule has 2 aliphatic rings. The second-order valence-electron chi connectivity index (χ2n) is 7.00. The molecule has 1 aromatic heterocycles. The van der Waals surface area contributed by atoms with E-state index in [4.69, 9.17) is 14.6 Å². The van der Waals surface area contributed by atoms with E-state index in [0.29, 0.717) is 5.54 Å². The number of aromatic nitrogens is 2. The normalized spacial score (nSPS) is 19.4. The molecule has 0 atom stereocenters. The molecule has 0 aromatic carbocycles. The maximum atomic E-state index is 10.6. The van der Waals surface area contributed by atoms with Crippen LogP contribution in [0, 0.1) is 0 Å². The van der Waals surface area contributed by atoms with Crippen molar-refractivity contribution in [2.24, 2.45) is 0 Å². The van der Waals surface area contributed by atoms with E-state index in [2.05, 4.69) is 19.8 Å². The number of likely N-dealkylation sites (tertiary alicyclic amines) is 1. The van der Waals surface area contributed by atoms with E-state index in [0.717, 1.165) is 32.1 Å². The molecule has 10 heteroatoms. The van der Waals surface area contributed by atoms with E-state index in [9.17, 15) is 13.2 Å². The Morgan fingerprint density at radius 3 is 2.36 bits per heavy atom. The first-order chi connectivity index (χ1) is 13.3. The van der Waals surface area contributed by atoms with Crippen LogP contribution in [0.4, 0.5) is 19.1 Å². The van der Waals surface area contributed by atoms with Crippen LogP contribution in [0.5, 0.6) is 0 Å². The van der Waals surface area contributed by atoms with Crippen LogP contribution in [-0.2, 0) is 9.53 Å². The lowest BCUT2D eigenvalue weighted by molar-refractivity contribution is -0.192. The second kappa shape index (κ2) is 10.0. The van der Waals surface area contributed by atoms with Crippen molar-refractivity contribution >= 4 is 11.9 Å². The maximum Gasteiger partial charge on any atom is 0.490 e. The van der Waals surface area contributed by atoms with Gasteiger partial charge in [-0.15, -0.1) is 0 Å². The number of carbonyl (C=O) groups is 1. The Morgan fingerprint density at radius 1 is 1.21 bits per heavy atom. The zero-order valence-electron chi connectivity index (χ0n) is 16.0. The highest BCUT2D eigenvalue weighted by molar-refractivity contribution is 5.73. The first-order valence-electron chi connectivity index (χ1n) is 9.34. The van der Waals surface area contributed by atoms with E-state index in [1.54, 1.807) is 7.11 Å². The Bertz CT molecular complexity index is 608. The first-order valence-corrected chi connectivity index (χ1v) is 9.34. The van der Waals surface area contributed by atoms with Crippen LogP contribution in [0.1, 0.15) is 32.1 Å². The zero-order chi connectivity index (χ0) is 20.6. The van der Waals surface area contributed by atoms with Crippen LogP contribution in [0.15, 0.2) is 18.5 Å². The van der Waals surface area contributed by atoms with Crippen molar-refractivity contribution in [1.82, 2.24) is 14.9 Å². The third kappa shape index (κ3) is 6.03. The van der Waals surface area contributed by atoms with Gasteiger partial charge in [0, 0.05) is 51.3 Å². The third-order valence-corrected chi connectivity index (χ3v) is 5.29. The predicted octanol–water partition coefficient (Wildman–Crippen LogP) is 2.58. The number of carboxylic acid groups (broad SMARTS) is 1. The molecule has 7 nitrogen and oxygen atoms in total. The van der Waals surface area contributed by atoms with Gasteiger partial charge in [0.1, 0.15) is 0 Å². The molecule has 0 radical (unpaired) electrons. The van der Waals surface area contributed by atoms with Gasteiger partial charge in [0.2, 0.25) is 5.95 Å². The van der Waals surface area contributed by atoms with E-state index < -0.39 is 12.1 Å². The SMILES string of the molecule is COCCCN1CCCC12CCN(c1ncccn1)CC2.O=C(O)C(F)(F)F. The standard InChI is InChI=1S/C16H26N4O.C2HF3O2/c1-21-14-4-11-20-10-2-5-16(20)6-12-19(13-7-16)15-17-8-3-9-18-15;3-2(4,5)1(6)7/h3,8-9H,2,4-7,10-14H2,1H3;(H,6,7). The van der Waals surface area contributed by atoms with Crippen LogP contribution in [0.25, 0.3) is 0 Å². The van der Waals surface area contributed by atoms with E-state index in [-0.39, 0.29) is 0 Å². The molecule has 2 saturated heterocycles. The van der Waals surface area contributed by atoms with Crippen molar-refractivity contribution in [3.05, 3.63) is 18.5 Å². The highest BCUT2D eigenvalue weighted by Crippen LogP contribution is 2.38. The fourth-order valence-electron chi connectivity index (χ4n) is 3.89. The number of hydrogen-bond donors (Lipinski definition) is 1. The lowest BCUT2D eigenvalue weighted by atomic mass is 9.85. The summed E-state index contributed by atoms with van der Waals surface area (Å²) in [6.07, 6.45) is 4.89.